The lowest BCUT2D eigenvalue weighted by Crippen LogP contribution is -2.22. The summed E-state index contributed by atoms with van der Waals surface area (Å²) < 4.78 is 0. The van der Waals surface area contributed by atoms with Crippen LogP contribution in [0, 0.1) is 5.92 Å². The molecule has 0 heterocycles. The van der Waals surface area contributed by atoms with Crippen molar-refractivity contribution in [2.75, 3.05) is 6.61 Å². The lowest BCUT2D eigenvalue weighted by molar-refractivity contribution is 0.0582. The van der Waals surface area contributed by atoms with E-state index in [0.29, 0.717) is 0 Å². The second kappa shape index (κ2) is 12.4. The molecule has 0 bridgehead atoms. The van der Waals surface area contributed by atoms with Crippen LogP contribution < -0.4 is 0 Å². The fourth-order valence-electron chi connectivity index (χ4n) is 2.28. The molecular formula is C15H32O2. The summed E-state index contributed by atoms with van der Waals surface area (Å²) in [6.45, 7) is 4.35. The molecule has 2 nitrogen and oxygen atoms in total. The molecule has 2 unspecified atom stereocenters. The number of aliphatic hydroxyl groups is 2. The molecule has 0 aliphatic heterocycles. The molecule has 2 atom stereocenters. The SMILES string of the molecule is CCCCCCCCCCC(CO)C(O)CC. The van der Waals surface area contributed by atoms with E-state index >= 15 is 0 Å². The predicted molar refractivity (Wildman–Crippen MR) is 74.1 cm³/mol. The fourth-order valence-corrected chi connectivity index (χ4v) is 2.28. The summed E-state index contributed by atoms with van der Waals surface area (Å²) in [7, 11) is 0. The van der Waals surface area contributed by atoms with Gasteiger partial charge in [-0.15, -0.1) is 0 Å². The lowest BCUT2D eigenvalue weighted by atomic mass is 9.94. The Hall–Kier alpha value is -0.0800. The highest BCUT2D eigenvalue weighted by atomic mass is 16.3. The number of rotatable bonds is 12. The predicted octanol–water partition coefficient (Wildman–Crippen LogP) is 3.90. The third kappa shape index (κ3) is 9.61. The molecule has 0 amide bonds. The minimum absolute atomic E-state index is 0.0973. The van der Waals surface area contributed by atoms with Gasteiger partial charge >= 0.3 is 0 Å². The van der Waals surface area contributed by atoms with Gasteiger partial charge in [-0.05, 0) is 12.8 Å². The van der Waals surface area contributed by atoms with E-state index < -0.39 is 0 Å². The molecule has 0 aromatic rings. The van der Waals surface area contributed by atoms with Crippen LogP contribution in [-0.2, 0) is 0 Å². The van der Waals surface area contributed by atoms with Crippen molar-refractivity contribution in [3.05, 3.63) is 0 Å². The summed E-state index contributed by atoms with van der Waals surface area (Å²) in [5.74, 6) is 0.0973. The molecular weight excluding hydrogens is 212 g/mol. The van der Waals surface area contributed by atoms with Gasteiger partial charge in [0.05, 0.1) is 6.10 Å². The topological polar surface area (TPSA) is 40.5 Å². The van der Waals surface area contributed by atoms with Gasteiger partial charge in [-0.2, -0.15) is 0 Å². The number of unbranched alkanes of at least 4 members (excludes halogenated alkanes) is 7. The highest BCUT2D eigenvalue weighted by Gasteiger charge is 2.15. The van der Waals surface area contributed by atoms with Crippen LogP contribution >= 0.6 is 0 Å². The first-order valence-corrected chi connectivity index (χ1v) is 7.55. The zero-order valence-electron chi connectivity index (χ0n) is 11.8. The van der Waals surface area contributed by atoms with E-state index in [-0.39, 0.29) is 18.6 Å². The van der Waals surface area contributed by atoms with Crippen LogP contribution in [0.5, 0.6) is 0 Å². The molecule has 2 heteroatoms. The Morgan fingerprint density at radius 1 is 0.824 bits per heavy atom. The van der Waals surface area contributed by atoms with Crippen molar-refractivity contribution in [2.45, 2.75) is 84.2 Å². The summed E-state index contributed by atoms with van der Waals surface area (Å²) in [6, 6.07) is 0. The van der Waals surface area contributed by atoms with Crippen molar-refractivity contribution in [3.63, 3.8) is 0 Å². The van der Waals surface area contributed by atoms with Crippen molar-refractivity contribution in [1.82, 2.24) is 0 Å². The van der Waals surface area contributed by atoms with E-state index in [4.69, 9.17) is 5.11 Å². The number of aliphatic hydroxyl groups excluding tert-OH is 2. The Morgan fingerprint density at radius 3 is 1.82 bits per heavy atom. The van der Waals surface area contributed by atoms with Crippen LogP contribution in [0.2, 0.25) is 0 Å². The molecule has 2 N–H and O–H groups in total. The quantitative estimate of drug-likeness (QED) is 0.511. The van der Waals surface area contributed by atoms with Crippen molar-refractivity contribution < 1.29 is 10.2 Å². The minimum atomic E-state index is -0.315. The Morgan fingerprint density at radius 2 is 1.35 bits per heavy atom. The van der Waals surface area contributed by atoms with E-state index in [1.807, 2.05) is 6.92 Å². The maximum Gasteiger partial charge on any atom is 0.0587 e. The smallest absolute Gasteiger partial charge is 0.0587 e. The van der Waals surface area contributed by atoms with Crippen LogP contribution in [0.15, 0.2) is 0 Å². The maximum absolute atomic E-state index is 9.66. The second-order valence-electron chi connectivity index (χ2n) is 5.18. The Balaban J connectivity index is 3.31. The largest absolute Gasteiger partial charge is 0.396 e. The van der Waals surface area contributed by atoms with Gasteiger partial charge in [-0.1, -0.05) is 65.2 Å². The van der Waals surface area contributed by atoms with Gasteiger partial charge in [-0.25, -0.2) is 0 Å². The molecule has 0 rings (SSSR count). The highest BCUT2D eigenvalue weighted by molar-refractivity contribution is 4.66. The van der Waals surface area contributed by atoms with Crippen molar-refractivity contribution in [1.29, 1.82) is 0 Å². The third-order valence-corrected chi connectivity index (χ3v) is 3.63. The standard InChI is InChI=1S/C15H32O2/c1-3-5-6-7-8-9-10-11-12-14(13-16)15(17)4-2/h14-17H,3-13H2,1-2H3. The van der Waals surface area contributed by atoms with E-state index in [1.165, 1.54) is 44.9 Å². The maximum atomic E-state index is 9.66. The van der Waals surface area contributed by atoms with Crippen LogP contribution in [0.1, 0.15) is 78.1 Å². The molecule has 104 valence electrons. The molecule has 0 saturated carbocycles. The van der Waals surface area contributed by atoms with Crippen molar-refractivity contribution in [3.8, 4) is 0 Å². The molecule has 0 fully saturated rings. The first-order chi connectivity index (χ1) is 8.26. The number of hydrogen-bond acceptors (Lipinski definition) is 2. The van der Waals surface area contributed by atoms with Gasteiger partial charge in [-0.3, -0.25) is 0 Å². The van der Waals surface area contributed by atoms with Crippen LogP contribution in [0.4, 0.5) is 0 Å². The average molecular weight is 244 g/mol. The summed E-state index contributed by atoms with van der Waals surface area (Å²) >= 11 is 0. The lowest BCUT2D eigenvalue weighted by Gasteiger charge is -2.19. The van der Waals surface area contributed by atoms with Gasteiger partial charge < -0.3 is 10.2 Å². The number of hydrogen-bond donors (Lipinski definition) is 2. The zero-order valence-corrected chi connectivity index (χ0v) is 11.8. The Kier molecular flexibility index (Phi) is 12.3. The van der Waals surface area contributed by atoms with Crippen LogP contribution in [0.25, 0.3) is 0 Å². The first-order valence-electron chi connectivity index (χ1n) is 7.55. The summed E-state index contributed by atoms with van der Waals surface area (Å²) in [6.07, 6.45) is 11.9. The van der Waals surface area contributed by atoms with Gasteiger partial charge in [0, 0.05) is 12.5 Å². The summed E-state index contributed by atoms with van der Waals surface area (Å²) in [4.78, 5) is 0. The Labute approximate surface area is 107 Å². The minimum Gasteiger partial charge on any atom is -0.396 e. The van der Waals surface area contributed by atoms with Crippen LogP contribution in [0.3, 0.4) is 0 Å². The van der Waals surface area contributed by atoms with Gasteiger partial charge in [0.15, 0.2) is 0 Å². The van der Waals surface area contributed by atoms with E-state index in [9.17, 15) is 5.11 Å². The van der Waals surface area contributed by atoms with E-state index in [2.05, 4.69) is 6.92 Å². The first kappa shape index (κ1) is 16.9. The molecule has 0 aromatic carbocycles. The molecule has 0 aromatic heterocycles. The normalized spacial score (nSPS) is 14.8. The van der Waals surface area contributed by atoms with Gasteiger partial charge in [0.1, 0.15) is 0 Å². The monoisotopic (exact) mass is 244 g/mol. The Bertz CT molecular complexity index is 148. The fraction of sp³-hybridized carbons (Fsp3) is 1.00. The summed E-state index contributed by atoms with van der Waals surface area (Å²) in [5, 5.41) is 18.8. The second-order valence-corrected chi connectivity index (χ2v) is 5.18. The molecule has 0 aliphatic carbocycles. The summed E-state index contributed by atoms with van der Waals surface area (Å²) in [5.41, 5.74) is 0. The average Bonchev–Trinajstić information content (AvgIpc) is 2.36. The molecule has 0 spiro atoms. The van der Waals surface area contributed by atoms with Crippen molar-refractivity contribution >= 4 is 0 Å². The van der Waals surface area contributed by atoms with Gasteiger partial charge in [0.2, 0.25) is 0 Å². The van der Waals surface area contributed by atoms with Crippen molar-refractivity contribution in [2.24, 2.45) is 5.92 Å². The third-order valence-electron chi connectivity index (χ3n) is 3.63. The molecule has 0 saturated heterocycles. The highest BCUT2D eigenvalue weighted by Crippen LogP contribution is 2.17. The van der Waals surface area contributed by atoms with E-state index in [1.54, 1.807) is 0 Å². The molecule has 0 aliphatic rings. The van der Waals surface area contributed by atoms with E-state index in [0.717, 1.165) is 19.3 Å². The molecule has 0 radical (unpaired) electrons. The zero-order chi connectivity index (χ0) is 12.9. The van der Waals surface area contributed by atoms with Gasteiger partial charge in [0.25, 0.3) is 0 Å². The van der Waals surface area contributed by atoms with Crippen LogP contribution in [-0.4, -0.2) is 22.9 Å². The molecule has 17 heavy (non-hydrogen) atoms.